The number of anilines is 1. The molecule has 0 atom stereocenters. The van der Waals surface area contributed by atoms with Gasteiger partial charge >= 0.3 is 0 Å². The zero-order chi connectivity index (χ0) is 20.5. The first-order valence-corrected chi connectivity index (χ1v) is 11.0. The highest BCUT2D eigenvalue weighted by molar-refractivity contribution is 7.17. The fraction of sp³-hybridized carbons (Fsp3) is 0.524. The van der Waals surface area contributed by atoms with E-state index in [0.29, 0.717) is 17.3 Å². The van der Waals surface area contributed by atoms with Gasteiger partial charge in [0.1, 0.15) is 10.4 Å². The average Bonchev–Trinajstić information content (AvgIpc) is 3.12. The molecule has 1 N–H and O–H groups in total. The molecule has 1 aromatic carbocycles. The van der Waals surface area contributed by atoms with E-state index in [1.165, 1.54) is 42.7 Å². The van der Waals surface area contributed by atoms with E-state index in [1.807, 2.05) is 20.8 Å². The van der Waals surface area contributed by atoms with Gasteiger partial charge in [0.05, 0.1) is 10.6 Å². The molecule has 1 aliphatic carbocycles. The van der Waals surface area contributed by atoms with Crippen LogP contribution in [0.3, 0.4) is 0 Å². The van der Waals surface area contributed by atoms with Crippen LogP contribution in [0.15, 0.2) is 24.3 Å². The summed E-state index contributed by atoms with van der Waals surface area (Å²) in [5.74, 6) is -0.310. The molecular weight excluding hydrogens is 374 g/mol. The molecule has 1 heterocycles. The van der Waals surface area contributed by atoms with Crippen molar-refractivity contribution in [1.29, 1.82) is 0 Å². The summed E-state index contributed by atoms with van der Waals surface area (Å²) in [4.78, 5) is 28.9. The van der Waals surface area contributed by atoms with Crippen LogP contribution in [0.25, 0.3) is 0 Å². The number of aromatic nitrogens is 1. The van der Waals surface area contributed by atoms with Gasteiger partial charge in [0.15, 0.2) is 5.13 Å². The number of nitro groups is 1. The van der Waals surface area contributed by atoms with Crippen LogP contribution in [-0.2, 0) is 6.42 Å². The fourth-order valence-corrected chi connectivity index (χ4v) is 4.41. The van der Waals surface area contributed by atoms with Crippen LogP contribution in [0.1, 0.15) is 80.2 Å². The summed E-state index contributed by atoms with van der Waals surface area (Å²) >= 11 is 1.32. The first-order valence-electron chi connectivity index (χ1n) is 10.1. The molecule has 0 amide bonds. The number of nitrogens with one attached hydrogen (secondary N) is 1. The summed E-state index contributed by atoms with van der Waals surface area (Å²) < 4.78 is 0. The van der Waals surface area contributed by atoms with Gasteiger partial charge in [-0.2, -0.15) is 0 Å². The quantitative estimate of drug-likeness (QED) is 0.348. The Kier molecular flexibility index (Phi) is 8.57. The van der Waals surface area contributed by atoms with Crippen LogP contribution in [0.4, 0.5) is 10.8 Å². The van der Waals surface area contributed by atoms with E-state index < -0.39 is 4.92 Å². The second-order valence-electron chi connectivity index (χ2n) is 6.63. The highest BCUT2D eigenvalue weighted by atomic mass is 32.1. The molecule has 152 valence electrons. The molecule has 1 aromatic heterocycles. The molecule has 0 saturated heterocycles. The van der Waals surface area contributed by atoms with E-state index in [2.05, 4.69) is 10.3 Å². The second-order valence-corrected chi connectivity index (χ2v) is 7.63. The Labute approximate surface area is 170 Å². The predicted octanol–water partition coefficient (Wildman–Crippen LogP) is 6.01. The van der Waals surface area contributed by atoms with E-state index in [0.717, 1.165) is 30.1 Å². The van der Waals surface area contributed by atoms with Gasteiger partial charge in [-0.1, -0.05) is 69.9 Å². The van der Waals surface area contributed by atoms with E-state index in [-0.39, 0.29) is 17.0 Å². The zero-order valence-electron chi connectivity index (χ0n) is 16.9. The van der Waals surface area contributed by atoms with Crippen molar-refractivity contribution in [2.75, 3.05) is 5.32 Å². The van der Waals surface area contributed by atoms with Crippen molar-refractivity contribution in [2.45, 2.75) is 71.8 Å². The van der Waals surface area contributed by atoms with Crippen LogP contribution >= 0.6 is 11.3 Å². The molecule has 1 aliphatic rings. The van der Waals surface area contributed by atoms with Crippen LogP contribution in [-0.4, -0.2) is 21.7 Å². The third kappa shape index (κ3) is 5.38. The predicted molar refractivity (Wildman–Crippen MR) is 114 cm³/mol. The molecule has 7 heteroatoms. The van der Waals surface area contributed by atoms with Crippen molar-refractivity contribution in [3.05, 3.63) is 50.5 Å². The molecule has 2 aromatic rings. The molecule has 0 bridgehead atoms. The van der Waals surface area contributed by atoms with Crippen molar-refractivity contribution in [3.63, 3.8) is 0 Å². The van der Waals surface area contributed by atoms with Gasteiger partial charge in [-0.3, -0.25) is 14.9 Å². The minimum atomic E-state index is -0.505. The molecule has 0 radical (unpaired) electrons. The van der Waals surface area contributed by atoms with Crippen LogP contribution in [0, 0.1) is 10.1 Å². The van der Waals surface area contributed by atoms with Crippen molar-refractivity contribution in [1.82, 2.24) is 4.98 Å². The van der Waals surface area contributed by atoms with Gasteiger partial charge in [-0.25, -0.2) is 4.98 Å². The lowest BCUT2D eigenvalue weighted by molar-refractivity contribution is -0.385. The third-order valence-corrected chi connectivity index (χ3v) is 5.70. The molecule has 28 heavy (non-hydrogen) atoms. The van der Waals surface area contributed by atoms with Crippen LogP contribution in [0.2, 0.25) is 0 Å². The monoisotopic (exact) mass is 403 g/mol. The lowest BCUT2D eigenvalue weighted by Gasteiger charge is -2.22. The number of carbonyl (C=O) groups excluding carboxylic acids is 1. The number of nitrogens with zero attached hydrogens (tertiary/aromatic N) is 2. The Hall–Kier alpha value is -2.28. The third-order valence-electron chi connectivity index (χ3n) is 4.67. The first kappa shape index (κ1) is 22.0. The summed E-state index contributed by atoms with van der Waals surface area (Å²) in [7, 11) is 0. The topological polar surface area (TPSA) is 85.1 Å². The summed E-state index contributed by atoms with van der Waals surface area (Å²) in [5.41, 5.74) is 0.705. The molecule has 0 aliphatic heterocycles. The molecule has 0 spiro atoms. The largest absolute Gasteiger partial charge is 0.359 e. The van der Waals surface area contributed by atoms with Gasteiger partial charge in [0, 0.05) is 12.1 Å². The summed E-state index contributed by atoms with van der Waals surface area (Å²) in [6.07, 6.45) is 7.50. The molecule has 0 unspecified atom stereocenters. The Morgan fingerprint density at radius 1 is 1.25 bits per heavy atom. The lowest BCUT2D eigenvalue weighted by atomic mass is 9.96. The minimum Gasteiger partial charge on any atom is -0.359 e. The number of benzene rings is 1. The Bertz CT molecular complexity index is 798. The first-order chi connectivity index (χ1) is 13.6. The smallest absolute Gasteiger partial charge is 0.280 e. The Balaban J connectivity index is 0.00000136. The standard InChI is InChI=1S/C19H23N3O3S.C2H6/c1-2-8-15-18(17(23)14-11-6-7-12-16(14)22(24)25)26-19(21-15)20-13-9-4-3-5-10-13;1-2/h6-7,11-13H,2-5,8-10H2,1H3,(H,20,21);1-2H3. The van der Waals surface area contributed by atoms with Crippen molar-refractivity contribution in [2.24, 2.45) is 0 Å². The van der Waals surface area contributed by atoms with E-state index in [4.69, 9.17) is 0 Å². The SMILES string of the molecule is CC.CCCc1nc(NC2CCCCC2)sc1C(=O)c1ccccc1[N+](=O)[O-]. The Morgan fingerprint density at radius 3 is 2.57 bits per heavy atom. The summed E-state index contributed by atoms with van der Waals surface area (Å²) in [6.45, 7) is 6.03. The second kappa shape index (κ2) is 10.9. The number of rotatable bonds is 7. The number of hydrogen-bond donors (Lipinski definition) is 1. The number of nitro benzene ring substituents is 1. The highest BCUT2D eigenvalue weighted by Gasteiger charge is 2.26. The Morgan fingerprint density at radius 2 is 1.93 bits per heavy atom. The lowest BCUT2D eigenvalue weighted by Crippen LogP contribution is -2.22. The number of thiazole rings is 1. The number of hydrogen-bond acceptors (Lipinski definition) is 6. The van der Waals surface area contributed by atoms with Gasteiger partial charge < -0.3 is 5.32 Å². The van der Waals surface area contributed by atoms with Crippen LogP contribution in [0.5, 0.6) is 0 Å². The average molecular weight is 404 g/mol. The number of carbonyl (C=O) groups is 1. The van der Waals surface area contributed by atoms with E-state index in [9.17, 15) is 14.9 Å². The summed E-state index contributed by atoms with van der Waals surface area (Å²) in [6, 6.07) is 6.52. The van der Waals surface area contributed by atoms with Crippen molar-refractivity contribution < 1.29 is 9.72 Å². The van der Waals surface area contributed by atoms with E-state index >= 15 is 0 Å². The maximum atomic E-state index is 13.0. The maximum Gasteiger partial charge on any atom is 0.280 e. The van der Waals surface area contributed by atoms with Crippen molar-refractivity contribution >= 4 is 27.9 Å². The van der Waals surface area contributed by atoms with Gasteiger partial charge in [-0.15, -0.1) is 0 Å². The summed E-state index contributed by atoms with van der Waals surface area (Å²) in [5, 5.41) is 15.5. The molecule has 1 saturated carbocycles. The fourth-order valence-electron chi connectivity index (χ4n) is 3.37. The minimum absolute atomic E-state index is 0.128. The van der Waals surface area contributed by atoms with Crippen molar-refractivity contribution in [3.8, 4) is 0 Å². The maximum absolute atomic E-state index is 13.0. The van der Waals surface area contributed by atoms with Gasteiger partial charge in [-0.05, 0) is 25.3 Å². The number of para-hydroxylation sites is 1. The molecule has 6 nitrogen and oxygen atoms in total. The van der Waals surface area contributed by atoms with Crippen LogP contribution < -0.4 is 5.32 Å². The van der Waals surface area contributed by atoms with E-state index in [1.54, 1.807) is 12.1 Å². The molecule has 1 fully saturated rings. The normalized spacial score (nSPS) is 14.1. The molecule has 3 rings (SSSR count). The highest BCUT2D eigenvalue weighted by Crippen LogP contribution is 2.31. The van der Waals surface area contributed by atoms with Gasteiger partial charge in [0.25, 0.3) is 5.69 Å². The number of aryl methyl sites for hydroxylation is 1. The number of ketones is 1. The van der Waals surface area contributed by atoms with Gasteiger partial charge in [0.2, 0.25) is 5.78 Å². The molecular formula is C21H29N3O3S. The zero-order valence-corrected chi connectivity index (χ0v) is 17.7.